The summed E-state index contributed by atoms with van der Waals surface area (Å²) < 4.78 is 2.67. The normalized spacial score (nSPS) is 12.3. The zero-order valence-electron chi connectivity index (χ0n) is 11.5. The van der Waals surface area contributed by atoms with Crippen LogP contribution in [0, 0.1) is 0 Å². The summed E-state index contributed by atoms with van der Waals surface area (Å²) in [5.74, 6) is -0.0516. The van der Waals surface area contributed by atoms with Crippen LogP contribution in [0.2, 0.25) is 0 Å². The quantitative estimate of drug-likeness (QED) is 0.933. The molecule has 2 aromatic rings. The van der Waals surface area contributed by atoms with Crippen molar-refractivity contribution in [3.05, 3.63) is 45.2 Å². The van der Waals surface area contributed by atoms with Gasteiger partial charge in [0, 0.05) is 28.2 Å². The zero-order valence-corrected chi connectivity index (χ0v) is 13.1. The van der Waals surface area contributed by atoms with E-state index in [9.17, 15) is 9.59 Å². The van der Waals surface area contributed by atoms with Crippen molar-refractivity contribution in [2.75, 3.05) is 0 Å². The lowest BCUT2D eigenvalue weighted by Crippen LogP contribution is -2.34. The summed E-state index contributed by atoms with van der Waals surface area (Å²) in [5.41, 5.74) is 0.720. The third-order valence-electron chi connectivity index (χ3n) is 3.27. The first kappa shape index (κ1) is 14.8. The van der Waals surface area contributed by atoms with Crippen LogP contribution in [-0.2, 0) is 11.3 Å². The summed E-state index contributed by atoms with van der Waals surface area (Å²) in [6, 6.07) is 7.10. The molecule has 0 aliphatic carbocycles. The Hall–Kier alpha value is -1.62. The SMILES string of the molecule is CCC(C)NC(=O)Cn1ccc(=O)c2ccc(Br)cc21. The smallest absolute Gasteiger partial charge is 0.240 e. The van der Waals surface area contributed by atoms with Gasteiger partial charge < -0.3 is 9.88 Å². The predicted molar refractivity (Wildman–Crippen MR) is 83.8 cm³/mol. The molecule has 0 saturated carbocycles. The van der Waals surface area contributed by atoms with Gasteiger partial charge >= 0.3 is 0 Å². The molecule has 1 aromatic carbocycles. The zero-order chi connectivity index (χ0) is 14.7. The minimum absolute atomic E-state index is 0.0360. The fourth-order valence-electron chi connectivity index (χ4n) is 1.99. The molecule has 0 radical (unpaired) electrons. The number of benzene rings is 1. The number of pyridine rings is 1. The summed E-state index contributed by atoms with van der Waals surface area (Å²) in [7, 11) is 0. The summed E-state index contributed by atoms with van der Waals surface area (Å²) in [6.45, 7) is 4.20. The van der Waals surface area contributed by atoms with E-state index >= 15 is 0 Å². The van der Waals surface area contributed by atoms with Crippen molar-refractivity contribution in [3.63, 3.8) is 0 Å². The molecule has 106 valence electrons. The summed E-state index contributed by atoms with van der Waals surface area (Å²) in [6.07, 6.45) is 2.55. The second-order valence-corrected chi connectivity index (χ2v) is 5.76. The topological polar surface area (TPSA) is 51.1 Å². The summed E-state index contributed by atoms with van der Waals surface area (Å²) in [4.78, 5) is 23.8. The van der Waals surface area contributed by atoms with Gasteiger partial charge in [-0.3, -0.25) is 9.59 Å². The molecule has 0 fully saturated rings. The van der Waals surface area contributed by atoms with E-state index in [1.807, 2.05) is 26.0 Å². The monoisotopic (exact) mass is 336 g/mol. The van der Waals surface area contributed by atoms with E-state index in [0.717, 1.165) is 16.4 Å². The fraction of sp³-hybridized carbons (Fsp3) is 0.333. The number of hydrogen-bond donors (Lipinski definition) is 1. The summed E-state index contributed by atoms with van der Waals surface area (Å²) in [5, 5.41) is 3.54. The van der Waals surface area contributed by atoms with E-state index in [1.54, 1.807) is 16.8 Å². The predicted octanol–water partition coefficient (Wildman–Crippen LogP) is 2.68. The highest BCUT2D eigenvalue weighted by Crippen LogP contribution is 2.17. The molecule has 5 heteroatoms. The van der Waals surface area contributed by atoms with Crippen molar-refractivity contribution in [1.82, 2.24) is 9.88 Å². The van der Waals surface area contributed by atoms with E-state index in [1.165, 1.54) is 6.07 Å². The van der Waals surface area contributed by atoms with E-state index in [0.29, 0.717) is 5.39 Å². The van der Waals surface area contributed by atoms with Crippen molar-refractivity contribution in [1.29, 1.82) is 0 Å². The molecule has 1 unspecified atom stereocenters. The lowest BCUT2D eigenvalue weighted by atomic mass is 10.2. The van der Waals surface area contributed by atoms with E-state index in [-0.39, 0.29) is 23.9 Å². The second-order valence-electron chi connectivity index (χ2n) is 4.85. The van der Waals surface area contributed by atoms with Gasteiger partial charge in [-0.1, -0.05) is 22.9 Å². The van der Waals surface area contributed by atoms with Crippen molar-refractivity contribution >= 4 is 32.7 Å². The molecule has 1 aromatic heterocycles. The molecule has 0 aliphatic rings. The molecule has 0 bridgehead atoms. The van der Waals surface area contributed by atoms with Crippen LogP contribution in [0.1, 0.15) is 20.3 Å². The number of fused-ring (bicyclic) bond motifs is 1. The maximum atomic E-state index is 12.0. The van der Waals surface area contributed by atoms with Crippen LogP contribution < -0.4 is 10.7 Å². The van der Waals surface area contributed by atoms with Crippen LogP contribution in [0.3, 0.4) is 0 Å². The number of nitrogens with one attached hydrogen (secondary N) is 1. The molecule has 1 atom stereocenters. The highest BCUT2D eigenvalue weighted by atomic mass is 79.9. The van der Waals surface area contributed by atoms with Gasteiger partial charge in [-0.05, 0) is 31.5 Å². The number of halogens is 1. The van der Waals surface area contributed by atoms with Crippen molar-refractivity contribution in [3.8, 4) is 0 Å². The Morgan fingerprint density at radius 1 is 1.40 bits per heavy atom. The number of carbonyl (C=O) groups is 1. The Balaban J connectivity index is 2.35. The number of rotatable bonds is 4. The molecule has 1 amide bonds. The Morgan fingerprint density at radius 3 is 2.85 bits per heavy atom. The van der Waals surface area contributed by atoms with Crippen LogP contribution in [0.25, 0.3) is 10.9 Å². The second kappa shape index (κ2) is 6.22. The third-order valence-corrected chi connectivity index (χ3v) is 3.77. The van der Waals surface area contributed by atoms with Gasteiger partial charge in [0.2, 0.25) is 5.91 Å². The fourth-order valence-corrected chi connectivity index (χ4v) is 2.34. The van der Waals surface area contributed by atoms with Crippen LogP contribution in [0.5, 0.6) is 0 Å². The van der Waals surface area contributed by atoms with Gasteiger partial charge in [-0.2, -0.15) is 0 Å². The lowest BCUT2D eigenvalue weighted by molar-refractivity contribution is -0.122. The number of amides is 1. The lowest BCUT2D eigenvalue weighted by Gasteiger charge is -2.14. The number of carbonyl (C=O) groups excluding carboxylic acids is 1. The molecule has 1 heterocycles. The average Bonchev–Trinajstić information content (AvgIpc) is 2.41. The standard InChI is InChI=1S/C15H17BrN2O2/c1-3-10(2)17-15(20)9-18-7-6-14(19)12-5-4-11(16)8-13(12)18/h4-8,10H,3,9H2,1-2H3,(H,17,20). The first-order valence-corrected chi connectivity index (χ1v) is 7.38. The van der Waals surface area contributed by atoms with Crippen LogP contribution in [0.4, 0.5) is 0 Å². The first-order chi connectivity index (χ1) is 9.51. The molecule has 1 N–H and O–H groups in total. The van der Waals surface area contributed by atoms with Crippen molar-refractivity contribution < 1.29 is 4.79 Å². The minimum Gasteiger partial charge on any atom is -0.352 e. The average molecular weight is 337 g/mol. The highest BCUT2D eigenvalue weighted by Gasteiger charge is 2.09. The Morgan fingerprint density at radius 2 is 2.15 bits per heavy atom. The van der Waals surface area contributed by atoms with Crippen LogP contribution in [-0.4, -0.2) is 16.5 Å². The Labute approximate surface area is 125 Å². The van der Waals surface area contributed by atoms with Gasteiger partial charge in [0.05, 0.1) is 5.52 Å². The van der Waals surface area contributed by atoms with E-state index < -0.39 is 0 Å². The minimum atomic E-state index is -0.0516. The maximum absolute atomic E-state index is 12.0. The summed E-state index contributed by atoms with van der Waals surface area (Å²) >= 11 is 3.39. The number of hydrogen-bond acceptors (Lipinski definition) is 2. The largest absolute Gasteiger partial charge is 0.352 e. The maximum Gasteiger partial charge on any atom is 0.240 e. The molecular weight excluding hydrogens is 320 g/mol. The molecule has 0 saturated heterocycles. The molecule has 0 aliphatic heterocycles. The number of aromatic nitrogens is 1. The Kier molecular flexibility index (Phi) is 4.60. The Bertz CT molecular complexity index is 694. The molecule has 20 heavy (non-hydrogen) atoms. The first-order valence-electron chi connectivity index (χ1n) is 6.59. The molecule has 0 spiro atoms. The van der Waals surface area contributed by atoms with Crippen molar-refractivity contribution in [2.24, 2.45) is 0 Å². The van der Waals surface area contributed by atoms with Gasteiger partial charge in [0.25, 0.3) is 0 Å². The third kappa shape index (κ3) is 3.28. The van der Waals surface area contributed by atoms with Gasteiger partial charge in [0.1, 0.15) is 6.54 Å². The van der Waals surface area contributed by atoms with Crippen LogP contribution in [0.15, 0.2) is 39.7 Å². The highest BCUT2D eigenvalue weighted by molar-refractivity contribution is 9.10. The van der Waals surface area contributed by atoms with Crippen molar-refractivity contribution in [2.45, 2.75) is 32.9 Å². The van der Waals surface area contributed by atoms with Gasteiger partial charge in [0.15, 0.2) is 5.43 Å². The molecular formula is C15H17BrN2O2. The number of nitrogens with zero attached hydrogens (tertiary/aromatic N) is 1. The molecule has 4 nitrogen and oxygen atoms in total. The van der Waals surface area contributed by atoms with Crippen LogP contribution >= 0.6 is 15.9 Å². The van der Waals surface area contributed by atoms with Gasteiger partial charge in [-0.15, -0.1) is 0 Å². The van der Waals surface area contributed by atoms with E-state index in [4.69, 9.17) is 0 Å². The van der Waals surface area contributed by atoms with Gasteiger partial charge in [-0.25, -0.2) is 0 Å². The van der Waals surface area contributed by atoms with E-state index in [2.05, 4.69) is 21.2 Å². The molecule has 2 rings (SSSR count).